The van der Waals surface area contributed by atoms with E-state index < -0.39 is 0 Å². The van der Waals surface area contributed by atoms with E-state index in [0.29, 0.717) is 12.0 Å². The van der Waals surface area contributed by atoms with Gasteiger partial charge in [-0.3, -0.25) is 9.79 Å². The molecule has 1 saturated carbocycles. The highest BCUT2D eigenvalue weighted by atomic mass is 32.2. The molecule has 0 amide bonds. The average molecular weight is 297 g/mol. The zero-order valence-corrected chi connectivity index (χ0v) is 12.5. The molecule has 0 bridgehead atoms. The molecule has 19 heavy (non-hydrogen) atoms. The molecule has 0 aromatic carbocycles. The second kappa shape index (κ2) is 5.71. The van der Waals surface area contributed by atoms with Gasteiger partial charge in [-0.25, -0.2) is 0 Å². The summed E-state index contributed by atoms with van der Waals surface area (Å²) in [6.07, 6.45) is 6.82. The number of hydrogen-bond donors (Lipinski definition) is 2. The fourth-order valence-corrected chi connectivity index (χ4v) is 4.57. The van der Waals surface area contributed by atoms with Crippen molar-refractivity contribution >= 4 is 28.3 Å². The summed E-state index contributed by atoms with van der Waals surface area (Å²) in [5.74, 6) is 1.19. The minimum atomic E-state index is 0.0104. The highest BCUT2D eigenvalue weighted by molar-refractivity contribution is 8.13. The normalized spacial score (nSPS) is 22.2. The fourth-order valence-electron chi connectivity index (χ4n) is 2.83. The smallest absolute Gasteiger partial charge is 0.304 e. The van der Waals surface area contributed by atoms with Crippen LogP contribution in [-0.4, -0.2) is 22.4 Å². The molecule has 0 atom stereocenters. The zero-order valence-electron chi connectivity index (χ0n) is 10.9. The van der Waals surface area contributed by atoms with E-state index >= 15 is 0 Å². The Morgan fingerprint density at radius 2 is 2.21 bits per heavy atom. The second-order valence-electron chi connectivity index (χ2n) is 5.50. The van der Waals surface area contributed by atoms with Crippen molar-refractivity contribution in [3.05, 3.63) is 20.7 Å². The van der Waals surface area contributed by atoms with Crippen LogP contribution in [-0.2, 0) is 6.54 Å². The molecular formula is C13H19N3OS2. The monoisotopic (exact) mass is 297 g/mol. The Morgan fingerprint density at radius 1 is 1.37 bits per heavy atom. The first-order chi connectivity index (χ1) is 9.26. The van der Waals surface area contributed by atoms with Gasteiger partial charge in [-0.2, -0.15) is 0 Å². The number of thiazole rings is 1. The van der Waals surface area contributed by atoms with E-state index in [2.05, 4.69) is 10.3 Å². The second-order valence-corrected chi connectivity index (χ2v) is 7.30. The van der Waals surface area contributed by atoms with Crippen LogP contribution < -0.4 is 10.2 Å². The fraction of sp³-hybridized carbons (Fsp3) is 0.692. The molecule has 1 aromatic rings. The lowest BCUT2D eigenvalue weighted by atomic mass is 9.75. The van der Waals surface area contributed by atoms with E-state index in [9.17, 15) is 4.79 Å². The van der Waals surface area contributed by atoms with E-state index in [0.717, 1.165) is 17.4 Å². The van der Waals surface area contributed by atoms with Crippen LogP contribution in [0.1, 0.15) is 37.8 Å². The SMILES string of the molecule is O=c1[nH]c(CNC2=NCC3(CCCCC3)CS2)cs1. The van der Waals surface area contributed by atoms with Crippen LogP contribution >= 0.6 is 23.1 Å². The zero-order chi connectivity index (χ0) is 13.1. The van der Waals surface area contributed by atoms with Gasteiger partial charge in [-0.15, -0.1) is 0 Å². The molecular weight excluding hydrogens is 278 g/mol. The van der Waals surface area contributed by atoms with Gasteiger partial charge in [0, 0.05) is 23.4 Å². The molecule has 104 valence electrons. The molecule has 1 aromatic heterocycles. The predicted molar refractivity (Wildman–Crippen MR) is 82.1 cm³/mol. The lowest BCUT2D eigenvalue weighted by Gasteiger charge is -2.38. The van der Waals surface area contributed by atoms with Gasteiger partial charge in [0.25, 0.3) is 0 Å². The molecule has 0 unspecified atom stereocenters. The maximum Gasteiger partial charge on any atom is 0.304 e. The summed E-state index contributed by atoms with van der Waals surface area (Å²) in [4.78, 5) is 18.6. The quantitative estimate of drug-likeness (QED) is 0.882. The summed E-state index contributed by atoms with van der Waals surface area (Å²) in [7, 11) is 0. The molecule has 2 heterocycles. The molecule has 1 aliphatic heterocycles. The molecule has 0 radical (unpaired) electrons. The molecule has 6 heteroatoms. The Morgan fingerprint density at radius 3 is 2.84 bits per heavy atom. The van der Waals surface area contributed by atoms with Gasteiger partial charge in [-0.05, 0) is 18.3 Å². The molecule has 4 nitrogen and oxygen atoms in total. The number of aliphatic imine (C=N–C) groups is 1. The van der Waals surface area contributed by atoms with Crippen LogP contribution in [0.5, 0.6) is 0 Å². The van der Waals surface area contributed by atoms with Crippen LogP contribution in [0.25, 0.3) is 0 Å². The van der Waals surface area contributed by atoms with Gasteiger partial charge < -0.3 is 10.3 Å². The molecule has 1 fully saturated rings. The first-order valence-corrected chi connectivity index (χ1v) is 8.70. The lowest BCUT2D eigenvalue weighted by Crippen LogP contribution is -2.36. The van der Waals surface area contributed by atoms with Crippen molar-refractivity contribution in [2.24, 2.45) is 10.4 Å². The van der Waals surface area contributed by atoms with Crippen molar-refractivity contribution in [2.75, 3.05) is 12.3 Å². The number of aromatic amines is 1. The van der Waals surface area contributed by atoms with E-state index in [-0.39, 0.29) is 4.87 Å². The maximum atomic E-state index is 11.0. The Kier molecular flexibility index (Phi) is 3.98. The van der Waals surface area contributed by atoms with Crippen molar-refractivity contribution in [3.8, 4) is 0 Å². The van der Waals surface area contributed by atoms with Gasteiger partial charge in [0.15, 0.2) is 5.17 Å². The third-order valence-corrected chi connectivity index (χ3v) is 6.01. The third-order valence-electron chi connectivity index (χ3n) is 3.99. The Bertz CT molecular complexity index is 514. The van der Waals surface area contributed by atoms with Crippen molar-refractivity contribution < 1.29 is 0 Å². The molecule has 2 aliphatic rings. The lowest BCUT2D eigenvalue weighted by molar-refractivity contribution is 0.232. The number of hydrogen-bond acceptors (Lipinski definition) is 5. The topological polar surface area (TPSA) is 57.2 Å². The van der Waals surface area contributed by atoms with Gasteiger partial charge in [0.1, 0.15) is 0 Å². The minimum absolute atomic E-state index is 0.0104. The number of nitrogens with zero attached hydrogens (tertiary/aromatic N) is 1. The number of H-pyrrole nitrogens is 1. The summed E-state index contributed by atoms with van der Waals surface area (Å²) in [5.41, 5.74) is 1.42. The standard InChI is InChI=1S/C13H19N3OS2/c17-12-16-10(7-18-12)6-14-11-15-8-13(9-19-11)4-2-1-3-5-13/h7H,1-6,8-9H2,(H,14,15)(H,16,17). The highest BCUT2D eigenvalue weighted by Crippen LogP contribution is 2.41. The van der Waals surface area contributed by atoms with Crippen LogP contribution in [0.3, 0.4) is 0 Å². The number of aromatic nitrogens is 1. The van der Waals surface area contributed by atoms with Crippen LogP contribution in [0.15, 0.2) is 15.2 Å². The maximum absolute atomic E-state index is 11.0. The van der Waals surface area contributed by atoms with Gasteiger partial charge in [0.05, 0.1) is 6.54 Å². The van der Waals surface area contributed by atoms with Crippen molar-refractivity contribution in [2.45, 2.75) is 38.6 Å². The summed E-state index contributed by atoms with van der Waals surface area (Å²) in [5, 5.41) is 6.22. The largest absolute Gasteiger partial charge is 0.359 e. The average Bonchev–Trinajstić information content (AvgIpc) is 2.85. The first-order valence-electron chi connectivity index (χ1n) is 6.84. The van der Waals surface area contributed by atoms with E-state index in [1.54, 1.807) is 0 Å². The van der Waals surface area contributed by atoms with Gasteiger partial charge in [-0.1, -0.05) is 42.4 Å². The van der Waals surface area contributed by atoms with E-state index in [1.165, 1.54) is 49.2 Å². The number of amidine groups is 1. The van der Waals surface area contributed by atoms with Crippen LogP contribution in [0.2, 0.25) is 0 Å². The van der Waals surface area contributed by atoms with Crippen molar-refractivity contribution in [3.63, 3.8) is 0 Å². The molecule has 1 spiro atoms. The van der Waals surface area contributed by atoms with Crippen LogP contribution in [0, 0.1) is 5.41 Å². The van der Waals surface area contributed by atoms with Gasteiger partial charge >= 0.3 is 4.87 Å². The van der Waals surface area contributed by atoms with Crippen LogP contribution in [0.4, 0.5) is 0 Å². The molecule has 1 aliphatic carbocycles. The predicted octanol–water partition coefficient (Wildman–Crippen LogP) is 2.58. The third kappa shape index (κ3) is 3.23. The summed E-state index contributed by atoms with van der Waals surface area (Å²) in [6.45, 7) is 1.64. The Labute approximate surface area is 121 Å². The summed E-state index contributed by atoms with van der Waals surface area (Å²) < 4.78 is 0. The van der Waals surface area contributed by atoms with Crippen molar-refractivity contribution in [1.29, 1.82) is 0 Å². The molecule has 0 saturated heterocycles. The van der Waals surface area contributed by atoms with Crippen molar-refractivity contribution in [1.82, 2.24) is 10.3 Å². The summed E-state index contributed by atoms with van der Waals surface area (Å²) >= 11 is 3.06. The minimum Gasteiger partial charge on any atom is -0.359 e. The number of nitrogens with one attached hydrogen (secondary N) is 2. The Balaban J connectivity index is 1.54. The molecule has 3 rings (SSSR count). The number of thioether (sulfide) groups is 1. The van der Waals surface area contributed by atoms with Gasteiger partial charge in [0.2, 0.25) is 0 Å². The van der Waals surface area contributed by atoms with E-state index in [1.807, 2.05) is 17.1 Å². The molecule has 2 N–H and O–H groups in total. The number of rotatable bonds is 2. The Hall–Kier alpha value is -0.750. The first kappa shape index (κ1) is 13.2. The van der Waals surface area contributed by atoms with E-state index in [4.69, 9.17) is 4.99 Å². The summed E-state index contributed by atoms with van der Waals surface area (Å²) in [6, 6.07) is 0. The highest BCUT2D eigenvalue weighted by Gasteiger charge is 2.34.